The average Bonchev–Trinajstić information content (AvgIpc) is 3.06. The molecule has 162 valence electrons. The SMILES string of the molecule is C/C=C(/Cc1ccc(Cl)cc1)N(N)C1CCc2c(CC(=O)O)c3cccc(F)c3n2C1. The zero-order chi connectivity index (χ0) is 22.1. The van der Waals surface area contributed by atoms with Gasteiger partial charge in [-0.25, -0.2) is 10.2 Å². The standard InChI is InChI=1S/C24H25ClFN3O2/c1-2-17(12-15-6-8-16(25)9-7-15)29(27)18-10-11-22-20(13-23(30)31)19-4-3-5-21(26)24(19)28(22)14-18/h2-9,18H,10-14,27H2,1H3,(H,30,31)/b17-2-. The van der Waals surface area contributed by atoms with Gasteiger partial charge in [0, 0.05) is 34.8 Å². The number of aliphatic carboxylic acids is 1. The number of carbonyl (C=O) groups is 1. The second kappa shape index (κ2) is 8.73. The number of aromatic nitrogens is 1. The van der Waals surface area contributed by atoms with Gasteiger partial charge < -0.3 is 14.7 Å². The van der Waals surface area contributed by atoms with Crippen LogP contribution in [-0.2, 0) is 30.6 Å². The van der Waals surface area contributed by atoms with Gasteiger partial charge in [0.2, 0.25) is 0 Å². The maximum absolute atomic E-state index is 14.8. The van der Waals surface area contributed by atoms with Crippen LogP contribution in [0.25, 0.3) is 10.9 Å². The summed E-state index contributed by atoms with van der Waals surface area (Å²) >= 11 is 5.99. The molecule has 5 nitrogen and oxygen atoms in total. The molecule has 1 aliphatic heterocycles. The smallest absolute Gasteiger partial charge is 0.307 e. The lowest BCUT2D eigenvalue weighted by Gasteiger charge is -2.35. The van der Waals surface area contributed by atoms with Gasteiger partial charge in [-0.15, -0.1) is 0 Å². The summed E-state index contributed by atoms with van der Waals surface area (Å²) in [6.45, 7) is 2.45. The molecular weight excluding hydrogens is 417 g/mol. The first-order valence-corrected chi connectivity index (χ1v) is 10.7. The molecule has 2 aromatic carbocycles. The van der Waals surface area contributed by atoms with Crippen molar-refractivity contribution in [1.29, 1.82) is 0 Å². The molecule has 1 unspecified atom stereocenters. The summed E-state index contributed by atoms with van der Waals surface area (Å²) in [4.78, 5) is 11.4. The molecule has 3 N–H and O–H groups in total. The van der Waals surface area contributed by atoms with Gasteiger partial charge in [0.05, 0.1) is 18.0 Å². The van der Waals surface area contributed by atoms with Crippen LogP contribution in [-0.4, -0.2) is 26.7 Å². The van der Waals surface area contributed by atoms with Gasteiger partial charge in [0.25, 0.3) is 0 Å². The molecule has 7 heteroatoms. The van der Waals surface area contributed by atoms with Crippen molar-refractivity contribution < 1.29 is 14.3 Å². The van der Waals surface area contributed by atoms with Gasteiger partial charge in [-0.3, -0.25) is 4.79 Å². The Hall–Kier alpha value is -2.83. The van der Waals surface area contributed by atoms with E-state index in [4.69, 9.17) is 17.4 Å². The first-order valence-electron chi connectivity index (χ1n) is 10.3. The van der Waals surface area contributed by atoms with Crippen LogP contribution in [0.2, 0.25) is 5.02 Å². The Labute approximate surface area is 185 Å². The van der Waals surface area contributed by atoms with Crippen molar-refractivity contribution in [3.63, 3.8) is 0 Å². The Bertz CT molecular complexity index is 1150. The van der Waals surface area contributed by atoms with Crippen LogP contribution in [0, 0.1) is 5.82 Å². The minimum Gasteiger partial charge on any atom is -0.481 e. The van der Waals surface area contributed by atoms with Gasteiger partial charge in [-0.05, 0) is 49.1 Å². The summed E-state index contributed by atoms with van der Waals surface area (Å²) in [6.07, 6.45) is 3.95. The van der Waals surface area contributed by atoms with Crippen LogP contribution in [0.4, 0.5) is 4.39 Å². The van der Waals surface area contributed by atoms with Crippen LogP contribution in [0.15, 0.2) is 54.2 Å². The molecular formula is C24H25ClFN3O2. The van der Waals surface area contributed by atoms with E-state index >= 15 is 0 Å². The van der Waals surface area contributed by atoms with E-state index in [1.807, 2.05) is 41.8 Å². The predicted octanol–water partition coefficient (Wildman–Crippen LogP) is 4.70. The van der Waals surface area contributed by atoms with E-state index in [1.165, 1.54) is 6.07 Å². The first kappa shape index (κ1) is 21.4. The van der Waals surface area contributed by atoms with Crippen molar-refractivity contribution in [2.75, 3.05) is 0 Å². The number of hydrogen-bond acceptors (Lipinski definition) is 3. The summed E-state index contributed by atoms with van der Waals surface area (Å²) in [5.74, 6) is 5.29. The molecule has 1 aromatic heterocycles. The lowest BCUT2D eigenvalue weighted by atomic mass is 9.99. The van der Waals surface area contributed by atoms with Crippen molar-refractivity contribution >= 4 is 28.5 Å². The Morgan fingerprint density at radius 1 is 1.29 bits per heavy atom. The zero-order valence-corrected chi connectivity index (χ0v) is 18.1. The Morgan fingerprint density at radius 2 is 2.03 bits per heavy atom. The summed E-state index contributed by atoms with van der Waals surface area (Å²) in [6, 6.07) is 12.5. The molecule has 1 aliphatic rings. The molecule has 0 radical (unpaired) electrons. The van der Waals surface area contributed by atoms with E-state index < -0.39 is 5.97 Å². The minimum atomic E-state index is -0.915. The summed E-state index contributed by atoms with van der Waals surface area (Å²) < 4.78 is 16.7. The summed E-state index contributed by atoms with van der Waals surface area (Å²) in [5, 5.41) is 12.5. The molecule has 2 heterocycles. The Balaban J connectivity index is 1.64. The quantitative estimate of drug-likeness (QED) is 0.429. The number of rotatable bonds is 6. The van der Waals surface area contributed by atoms with Gasteiger partial charge in [0.1, 0.15) is 5.82 Å². The highest BCUT2D eigenvalue weighted by Crippen LogP contribution is 2.34. The number of para-hydroxylation sites is 1. The maximum Gasteiger partial charge on any atom is 0.307 e. The van der Waals surface area contributed by atoms with Crippen molar-refractivity contribution in [3.8, 4) is 0 Å². The molecule has 0 fully saturated rings. The average molecular weight is 442 g/mol. The molecule has 3 aromatic rings. The molecule has 0 amide bonds. The number of carboxylic acids is 1. The molecule has 0 saturated heterocycles. The van der Waals surface area contributed by atoms with Gasteiger partial charge >= 0.3 is 5.97 Å². The molecule has 0 spiro atoms. The van der Waals surface area contributed by atoms with E-state index in [9.17, 15) is 14.3 Å². The fourth-order valence-electron chi connectivity index (χ4n) is 4.54. The second-order valence-corrected chi connectivity index (χ2v) is 8.36. The first-order chi connectivity index (χ1) is 14.9. The van der Waals surface area contributed by atoms with Gasteiger partial charge in [0.15, 0.2) is 0 Å². The van der Waals surface area contributed by atoms with Crippen LogP contribution in [0.1, 0.15) is 30.2 Å². The number of carboxylic acid groups (broad SMARTS) is 1. The van der Waals surface area contributed by atoms with Crippen LogP contribution >= 0.6 is 11.6 Å². The van der Waals surface area contributed by atoms with Crippen LogP contribution in [0.5, 0.6) is 0 Å². The number of hydrogen-bond donors (Lipinski definition) is 2. The molecule has 4 rings (SSSR count). The number of nitrogens with zero attached hydrogens (tertiary/aromatic N) is 2. The second-order valence-electron chi connectivity index (χ2n) is 7.93. The Kier molecular flexibility index (Phi) is 6.03. The third kappa shape index (κ3) is 4.18. The minimum absolute atomic E-state index is 0.0288. The fourth-order valence-corrected chi connectivity index (χ4v) is 4.67. The third-order valence-electron chi connectivity index (χ3n) is 6.05. The lowest BCUT2D eigenvalue weighted by molar-refractivity contribution is -0.136. The summed E-state index contributed by atoms with van der Waals surface area (Å²) in [5.41, 5.74) is 4.14. The number of allylic oxidation sites excluding steroid dienone is 2. The molecule has 1 atom stereocenters. The van der Waals surface area contributed by atoms with Gasteiger partial charge in [-0.2, -0.15) is 0 Å². The normalized spacial score (nSPS) is 16.4. The molecule has 0 saturated carbocycles. The van der Waals surface area contributed by atoms with Crippen LogP contribution in [0.3, 0.4) is 0 Å². The van der Waals surface area contributed by atoms with Crippen molar-refractivity contribution in [3.05, 3.63) is 81.9 Å². The maximum atomic E-state index is 14.8. The van der Waals surface area contributed by atoms with Crippen LogP contribution < -0.4 is 5.84 Å². The van der Waals surface area contributed by atoms with E-state index in [0.29, 0.717) is 40.9 Å². The van der Waals surface area contributed by atoms with Crippen molar-refractivity contribution in [2.45, 2.75) is 45.2 Å². The number of hydrazine groups is 1. The number of nitrogens with two attached hydrogens (primary N) is 1. The molecule has 0 bridgehead atoms. The van der Waals surface area contributed by atoms with Gasteiger partial charge in [-0.1, -0.05) is 41.9 Å². The third-order valence-corrected chi connectivity index (χ3v) is 6.30. The highest BCUT2D eigenvalue weighted by molar-refractivity contribution is 6.30. The van der Waals surface area contributed by atoms with Crippen molar-refractivity contribution in [1.82, 2.24) is 9.58 Å². The fraction of sp³-hybridized carbons (Fsp3) is 0.292. The number of halogens is 2. The molecule has 31 heavy (non-hydrogen) atoms. The van der Waals surface area contributed by atoms with E-state index in [0.717, 1.165) is 23.4 Å². The van der Waals surface area contributed by atoms with Crippen molar-refractivity contribution in [2.24, 2.45) is 5.84 Å². The summed E-state index contributed by atoms with van der Waals surface area (Å²) in [7, 11) is 0. The highest BCUT2D eigenvalue weighted by atomic mass is 35.5. The zero-order valence-electron chi connectivity index (χ0n) is 17.3. The Morgan fingerprint density at radius 3 is 2.71 bits per heavy atom. The van der Waals surface area contributed by atoms with E-state index in [1.54, 1.807) is 17.1 Å². The monoisotopic (exact) mass is 441 g/mol. The molecule has 0 aliphatic carbocycles. The highest BCUT2D eigenvalue weighted by Gasteiger charge is 2.29. The lowest BCUT2D eigenvalue weighted by Crippen LogP contribution is -2.45. The number of benzene rings is 2. The predicted molar refractivity (Wildman–Crippen MR) is 120 cm³/mol. The van der Waals surface area contributed by atoms with E-state index in [2.05, 4.69) is 0 Å². The topological polar surface area (TPSA) is 71.5 Å². The largest absolute Gasteiger partial charge is 0.481 e. The number of fused-ring (bicyclic) bond motifs is 3. The van der Waals surface area contributed by atoms with E-state index in [-0.39, 0.29) is 18.3 Å².